The second-order valence-corrected chi connectivity index (χ2v) is 3.07. The van der Waals surface area contributed by atoms with Gasteiger partial charge in [-0.2, -0.15) is 0 Å². The lowest BCUT2D eigenvalue weighted by Crippen LogP contribution is -2.34. The third-order valence-electron chi connectivity index (χ3n) is 1.90. The SMILES string of the molecule is CC(=O)N(N)Cc1ccc([N+](=O)[O-])cc1. The lowest BCUT2D eigenvalue weighted by Gasteiger charge is -2.13. The van der Waals surface area contributed by atoms with Crippen LogP contribution >= 0.6 is 0 Å². The van der Waals surface area contributed by atoms with Gasteiger partial charge in [-0.15, -0.1) is 0 Å². The summed E-state index contributed by atoms with van der Waals surface area (Å²) in [6.07, 6.45) is 0. The number of nitrogens with two attached hydrogens (primary N) is 1. The van der Waals surface area contributed by atoms with E-state index in [9.17, 15) is 14.9 Å². The van der Waals surface area contributed by atoms with Gasteiger partial charge in [0.05, 0.1) is 11.5 Å². The highest BCUT2D eigenvalue weighted by Crippen LogP contribution is 2.12. The molecule has 6 nitrogen and oxygen atoms in total. The Morgan fingerprint density at radius 1 is 1.47 bits per heavy atom. The van der Waals surface area contributed by atoms with E-state index in [0.29, 0.717) is 0 Å². The van der Waals surface area contributed by atoms with Crippen molar-refractivity contribution in [1.29, 1.82) is 0 Å². The Kier molecular flexibility index (Phi) is 3.35. The van der Waals surface area contributed by atoms with E-state index in [-0.39, 0.29) is 18.1 Å². The van der Waals surface area contributed by atoms with E-state index >= 15 is 0 Å². The Hall–Kier alpha value is -1.95. The molecule has 0 radical (unpaired) electrons. The number of amides is 1. The highest BCUT2D eigenvalue weighted by molar-refractivity contribution is 5.72. The van der Waals surface area contributed by atoms with Gasteiger partial charge in [0.15, 0.2) is 0 Å². The number of rotatable bonds is 3. The third-order valence-corrected chi connectivity index (χ3v) is 1.90. The first-order valence-corrected chi connectivity index (χ1v) is 4.27. The Bertz CT molecular complexity index is 375. The quantitative estimate of drug-likeness (QED) is 0.345. The van der Waals surface area contributed by atoms with E-state index in [1.807, 2.05) is 0 Å². The van der Waals surface area contributed by atoms with Crippen molar-refractivity contribution < 1.29 is 9.72 Å². The smallest absolute Gasteiger partial charge is 0.269 e. The minimum absolute atomic E-state index is 0.0187. The van der Waals surface area contributed by atoms with Crippen molar-refractivity contribution in [3.63, 3.8) is 0 Å². The van der Waals surface area contributed by atoms with E-state index in [0.717, 1.165) is 10.6 Å². The van der Waals surface area contributed by atoms with E-state index in [2.05, 4.69) is 0 Å². The van der Waals surface area contributed by atoms with Crippen molar-refractivity contribution in [3.8, 4) is 0 Å². The second-order valence-electron chi connectivity index (χ2n) is 3.07. The number of non-ortho nitro benzene ring substituents is 1. The number of nitro benzene ring substituents is 1. The van der Waals surface area contributed by atoms with Crippen LogP contribution in [0.1, 0.15) is 12.5 Å². The zero-order chi connectivity index (χ0) is 11.4. The van der Waals surface area contributed by atoms with Crippen LogP contribution in [0.25, 0.3) is 0 Å². The van der Waals surface area contributed by atoms with E-state index < -0.39 is 4.92 Å². The minimum Gasteiger partial charge on any atom is -0.276 e. The van der Waals surface area contributed by atoms with Crippen molar-refractivity contribution in [1.82, 2.24) is 5.01 Å². The van der Waals surface area contributed by atoms with E-state index in [1.54, 1.807) is 12.1 Å². The zero-order valence-electron chi connectivity index (χ0n) is 8.21. The van der Waals surface area contributed by atoms with E-state index in [4.69, 9.17) is 5.84 Å². The van der Waals surface area contributed by atoms with Crippen molar-refractivity contribution in [3.05, 3.63) is 39.9 Å². The van der Waals surface area contributed by atoms with Crippen LogP contribution in [0.4, 0.5) is 5.69 Å². The first-order chi connectivity index (χ1) is 7.00. The number of carbonyl (C=O) groups excluding carboxylic acids is 1. The molecule has 80 valence electrons. The van der Waals surface area contributed by atoms with Gasteiger partial charge in [-0.25, -0.2) is 5.84 Å². The summed E-state index contributed by atoms with van der Waals surface area (Å²) in [5, 5.41) is 11.4. The largest absolute Gasteiger partial charge is 0.276 e. The molecule has 2 N–H and O–H groups in total. The molecule has 6 heteroatoms. The molecular formula is C9H11N3O3. The van der Waals surface area contributed by atoms with E-state index in [1.165, 1.54) is 19.1 Å². The van der Waals surface area contributed by atoms with Crippen LogP contribution in [0, 0.1) is 10.1 Å². The molecule has 0 saturated heterocycles. The van der Waals surface area contributed by atoms with Crippen LogP contribution in [-0.2, 0) is 11.3 Å². The molecule has 0 unspecified atom stereocenters. The predicted molar refractivity (Wildman–Crippen MR) is 53.5 cm³/mol. The molecule has 0 aliphatic heterocycles. The molecule has 0 aromatic heterocycles. The molecule has 0 saturated carbocycles. The first-order valence-electron chi connectivity index (χ1n) is 4.27. The predicted octanol–water partition coefficient (Wildman–Crippen LogP) is 0.817. The number of hydrazine groups is 1. The van der Waals surface area contributed by atoms with Gasteiger partial charge in [0.2, 0.25) is 5.91 Å². The molecule has 0 fully saturated rings. The van der Waals surface area contributed by atoms with Gasteiger partial charge in [0.25, 0.3) is 5.69 Å². The van der Waals surface area contributed by atoms with Gasteiger partial charge in [-0.1, -0.05) is 12.1 Å². The zero-order valence-corrected chi connectivity index (χ0v) is 8.21. The molecule has 1 aromatic carbocycles. The second kappa shape index (κ2) is 4.52. The Labute approximate surface area is 86.4 Å². The summed E-state index contributed by atoms with van der Waals surface area (Å²) in [6.45, 7) is 1.60. The molecule has 0 bridgehead atoms. The maximum atomic E-state index is 10.8. The normalized spacial score (nSPS) is 9.73. The summed E-state index contributed by atoms with van der Waals surface area (Å²) in [4.78, 5) is 20.7. The summed E-state index contributed by atoms with van der Waals surface area (Å²) >= 11 is 0. The average Bonchev–Trinajstić information content (AvgIpc) is 2.18. The van der Waals surface area contributed by atoms with Crippen molar-refractivity contribution in [2.45, 2.75) is 13.5 Å². The van der Waals surface area contributed by atoms with Crippen LogP contribution in [-0.4, -0.2) is 15.8 Å². The number of carbonyl (C=O) groups is 1. The van der Waals surface area contributed by atoms with Gasteiger partial charge in [-0.05, 0) is 5.56 Å². The number of hydrogen-bond acceptors (Lipinski definition) is 4. The van der Waals surface area contributed by atoms with Gasteiger partial charge in [0.1, 0.15) is 0 Å². The van der Waals surface area contributed by atoms with Crippen molar-refractivity contribution in [2.75, 3.05) is 0 Å². The molecular weight excluding hydrogens is 198 g/mol. The molecule has 1 amide bonds. The number of nitrogens with zero attached hydrogens (tertiary/aromatic N) is 2. The van der Waals surface area contributed by atoms with Crippen LogP contribution in [0.3, 0.4) is 0 Å². The Morgan fingerprint density at radius 3 is 2.40 bits per heavy atom. The van der Waals surface area contributed by atoms with Gasteiger partial charge in [0, 0.05) is 19.1 Å². The summed E-state index contributed by atoms with van der Waals surface area (Å²) in [7, 11) is 0. The lowest BCUT2D eigenvalue weighted by atomic mass is 10.2. The summed E-state index contributed by atoms with van der Waals surface area (Å²) in [5.41, 5.74) is 0.767. The molecule has 0 heterocycles. The van der Waals surface area contributed by atoms with Crippen LogP contribution in [0.15, 0.2) is 24.3 Å². The van der Waals surface area contributed by atoms with Crippen LogP contribution < -0.4 is 5.84 Å². The molecule has 15 heavy (non-hydrogen) atoms. The molecule has 0 aliphatic rings. The monoisotopic (exact) mass is 209 g/mol. The number of hydrogen-bond donors (Lipinski definition) is 1. The minimum atomic E-state index is -0.477. The molecule has 0 atom stereocenters. The maximum Gasteiger partial charge on any atom is 0.269 e. The van der Waals surface area contributed by atoms with Gasteiger partial charge >= 0.3 is 0 Å². The van der Waals surface area contributed by atoms with Crippen LogP contribution in [0.2, 0.25) is 0 Å². The summed E-state index contributed by atoms with van der Waals surface area (Å²) < 4.78 is 0. The standard InChI is InChI=1S/C9H11N3O3/c1-7(13)11(10)6-8-2-4-9(5-3-8)12(14)15/h2-5H,6,10H2,1H3. The average molecular weight is 209 g/mol. The molecule has 0 spiro atoms. The topological polar surface area (TPSA) is 89.5 Å². The number of nitro groups is 1. The van der Waals surface area contributed by atoms with Gasteiger partial charge < -0.3 is 0 Å². The first kappa shape index (κ1) is 11.1. The molecule has 1 rings (SSSR count). The van der Waals surface area contributed by atoms with Crippen molar-refractivity contribution >= 4 is 11.6 Å². The highest BCUT2D eigenvalue weighted by atomic mass is 16.6. The van der Waals surface area contributed by atoms with Gasteiger partial charge in [-0.3, -0.25) is 19.9 Å². The Morgan fingerprint density at radius 2 is 2.00 bits per heavy atom. The fraction of sp³-hybridized carbons (Fsp3) is 0.222. The fourth-order valence-electron chi connectivity index (χ4n) is 1.03. The molecule has 0 aliphatic carbocycles. The lowest BCUT2D eigenvalue weighted by molar-refractivity contribution is -0.384. The summed E-state index contributed by atoms with van der Waals surface area (Å²) in [5.74, 6) is 5.14. The molecule has 1 aromatic rings. The summed E-state index contributed by atoms with van der Waals surface area (Å²) in [6, 6.07) is 5.90. The highest BCUT2D eigenvalue weighted by Gasteiger charge is 2.07. The number of benzene rings is 1. The third kappa shape index (κ3) is 3.03. The van der Waals surface area contributed by atoms with Crippen molar-refractivity contribution in [2.24, 2.45) is 5.84 Å². The van der Waals surface area contributed by atoms with Crippen LogP contribution in [0.5, 0.6) is 0 Å². The Balaban J connectivity index is 2.72. The maximum absolute atomic E-state index is 10.8. The fourth-order valence-corrected chi connectivity index (χ4v) is 1.03.